The van der Waals surface area contributed by atoms with Crippen LogP contribution in [0.1, 0.15) is 43.2 Å². The SMILES string of the molecule is CN(C)C[C@@]12CCCCC1CCc1ccc(OC(F)F)cc12. The van der Waals surface area contributed by atoms with Crippen molar-refractivity contribution in [1.82, 2.24) is 4.90 Å². The van der Waals surface area contributed by atoms with E-state index in [1.807, 2.05) is 12.1 Å². The summed E-state index contributed by atoms with van der Waals surface area (Å²) < 4.78 is 29.8. The molecule has 1 fully saturated rings. The fourth-order valence-corrected chi connectivity index (χ4v) is 4.69. The van der Waals surface area contributed by atoms with Crippen molar-refractivity contribution in [3.63, 3.8) is 0 Å². The lowest BCUT2D eigenvalue weighted by Gasteiger charge is -2.50. The molecule has 1 saturated carbocycles. The van der Waals surface area contributed by atoms with E-state index in [9.17, 15) is 8.78 Å². The Morgan fingerprint density at radius 2 is 2.09 bits per heavy atom. The average Bonchev–Trinajstić information content (AvgIpc) is 2.46. The fourth-order valence-electron chi connectivity index (χ4n) is 4.69. The highest BCUT2D eigenvalue weighted by molar-refractivity contribution is 5.44. The number of hydrogen-bond acceptors (Lipinski definition) is 2. The summed E-state index contributed by atoms with van der Waals surface area (Å²) in [6.45, 7) is -1.77. The summed E-state index contributed by atoms with van der Waals surface area (Å²) in [6, 6.07) is 5.58. The summed E-state index contributed by atoms with van der Waals surface area (Å²) >= 11 is 0. The molecule has 3 rings (SSSR count). The van der Waals surface area contributed by atoms with Crippen molar-refractivity contribution in [2.75, 3.05) is 20.6 Å². The van der Waals surface area contributed by atoms with Crippen molar-refractivity contribution in [3.05, 3.63) is 29.3 Å². The molecule has 0 bridgehead atoms. The number of aryl methyl sites for hydroxylation is 1. The number of ether oxygens (including phenoxy) is 1. The van der Waals surface area contributed by atoms with Gasteiger partial charge in [-0.3, -0.25) is 0 Å². The lowest BCUT2D eigenvalue weighted by molar-refractivity contribution is -0.0500. The maximum atomic E-state index is 12.6. The maximum Gasteiger partial charge on any atom is 0.387 e. The van der Waals surface area contributed by atoms with E-state index in [4.69, 9.17) is 0 Å². The molecule has 0 heterocycles. The van der Waals surface area contributed by atoms with E-state index < -0.39 is 6.61 Å². The van der Waals surface area contributed by atoms with Crippen molar-refractivity contribution in [2.45, 2.75) is 50.6 Å². The Bertz CT molecular complexity index is 532. The van der Waals surface area contributed by atoms with Crippen LogP contribution >= 0.6 is 0 Å². The van der Waals surface area contributed by atoms with E-state index >= 15 is 0 Å². The second-order valence-corrected chi connectivity index (χ2v) is 7.07. The van der Waals surface area contributed by atoms with Gasteiger partial charge >= 0.3 is 6.61 Å². The highest BCUT2D eigenvalue weighted by Gasteiger charge is 2.45. The number of alkyl halides is 2. The summed E-state index contributed by atoms with van der Waals surface area (Å²) in [5.74, 6) is 0.969. The zero-order valence-electron chi connectivity index (χ0n) is 13.4. The zero-order valence-corrected chi connectivity index (χ0v) is 13.4. The minimum absolute atomic E-state index is 0.108. The van der Waals surface area contributed by atoms with Crippen LogP contribution in [0.2, 0.25) is 0 Å². The van der Waals surface area contributed by atoms with Crippen LogP contribution < -0.4 is 4.74 Å². The van der Waals surface area contributed by atoms with Gasteiger partial charge in [0.1, 0.15) is 5.75 Å². The Morgan fingerprint density at radius 1 is 1.27 bits per heavy atom. The molecule has 0 amide bonds. The van der Waals surface area contributed by atoms with Gasteiger partial charge in [-0.2, -0.15) is 8.78 Å². The van der Waals surface area contributed by atoms with E-state index in [-0.39, 0.29) is 5.41 Å². The van der Waals surface area contributed by atoms with Gasteiger partial charge in [0.05, 0.1) is 0 Å². The lowest BCUT2D eigenvalue weighted by atomic mass is 9.57. The molecule has 2 atom stereocenters. The van der Waals surface area contributed by atoms with Crippen LogP contribution in [0, 0.1) is 5.92 Å². The molecule has 22 heavy (non-hydrogen) atoms. The molecule has 122 valence electrons. The molecule has 1 unspecified atom stereocenters. The van der Waals surface area contributed by atoms with Crippen molar-refractivity contribution in [2.24, 2.45) is 5.92 Å². The minimum Gasteiger partial charge on any atom is -0.435 e. The van der Waals surface area contributed by atoms with Crippen LogP contribution in [0.25, 0.3) is 0 Å². The molecule has 1 aromatic rings. The Balaban J connectivity index is 2.03. The first kappa shape index (κ1) is 15.7. The minimum atomic E-state index is -2.76. The smallest absolute Gasteiger partial charge is 0.387 e. The van der Waals surface area contributed by atoms with Gasteiger partial charge in [0.15, 0.2) is 0 Å². The lowest BCUT2D eigenvalue weighted by Crippen LogP contribution is -2.48. The third-order valence-electron chi connectivity index (χ3n) is 5.41. The molecule has 0 aliphatic heterocycles. The monoisotopic (exact) mass is 309 g/mol. The van der Waals surface area contributed by atoms with Gasteiger partial charge in [0, 0.05) is 12.0 Å². The first-order chi connectivity index (χ1) is 10.5. The number of benzene rings is 1. The number of hydrogen-bond donors (Lipinski definition) is 0. The number of rotatable bonds is 4. The van der Waals surface area contributed by atoms with Gasteiger partial charge in [-0.1, -0.05) is 18.9 Å². The number of halogens is 2. The van der Waals surface area contributed by atoms with Gasteiger partial charge in [0.25, 0.3) is 0 Å². The maximum absolute atomic E-state index is 12.6. The predicted octanol–water partition coefficient (Wildman–Crippen LogP) is 4.22. The number of fused-ring (bicyclic) bond motifs is 3. The predicted molar refractivity (Wildman–Crippen MR) is 83.6 cm³/mol. The van der Waals surface area contributed by atoms with E-state index in [0.717, 1.165) is 19.4 Å². The Labute approximate surface area is 131 Å². The number of likely N-dealkylation sites (N-methyl/N-ethyl adjacent to an activating group) is 1. The van der Waals surface area contributed by atoms with Crippen molar-refractivity contribution < 1.29 is 13.5 Å². The van der Waals surface area contributed by atoms with Crippen molar-refractivity contribution in [1.29, 1.82) is 0 Å². The Hall–Kier alpha value is -1.16. The van der Waals surface area contributed by atoms with Crippen LogP contribution in [-0.2, 0) is 11.8 Å². The van der Waals surface area contributed by atoms with E-state index in [2.05, 4.69) is 23.7 Å². The highest BCUT2D eigenvalue weighted by atomic mass is 19.3. The molecule has 2 aliphatic carbocycles. The molecule has 0 N–H and O–H groups in total. The molecule has 1 aromatic carbocycles. The van der Waals surface area contributed by atoms with Crippen LogP contribution in [0.3, 0.4) is 0 Å². The summed E-state index contributed by atoms with van der Waals surface area (Å²) in [4.78, 5) is 2.24. The second kappa shape index (κ2) is 6.15. The molecule has 0 radical (unpaired) electrons. The normalized spacial score (nSPS) is 27.6. The first-order valence-electron chi connectivity index (χ1n) is 8.24. The van der Waals surface area contributed by atoms with Crippen molar-refractivity contribution >= 4 is 0 Å². The molecule has 0 aromatic heterocycles. The summed E-state index contributed by atoms with van der Waals surface area (Å²) in [6.07, 6.45) is 7.21. The summed E-state index contributed by atoms with van der Waals surface area (Å²) in [5.41, 5.74) is 2.69. The topological polar surface area (TPSA) is 12.5 Å². The van der Waals surface area contributed by atoms with Crippen LogP contribution in [0.5, 0.6) is 5.75 Å². The Morgan fingerprint density at radius 3 is 2.82 bits per heavy atom. The third kappa shape index (κ3) is 2.85. The van der Waals surface area contributed by atoms with Gasteiger partial charge in [-0.25, -0.2) is 0 Å². The summed E-state index contributed by atoms with van der Waals surface area (Å²) in [5, 5.41) is 0. The first-order valence-corrected chi connectivity index (χ1v) is 8.24. The van der Waals surface area contributed by atoms with Crippen LogP contribution in [0.4, 0.5) is 8.78 Å². The molecular formula is C18H25F2NO. The largest absolute Gasteiger partial charge is 0.435 e. The average molecular weight is 309 g/mol. The van der Waals surface area contributed by atoms with Crippen LogP contribution in [0.15, 0.2) is 18.2 Å². The standard InChI is InChI=1S/C18H25F2NO/c1-21(2)12-18-10-4-3-5-14(18)8-6-13-7-9-15(11-16(13)18)22-17(19)20/h7,9,11,14,17H,3-6,8,10,12H2,1-2H3/t14?,18-/m0/s1. The molecular weight excluding hydrogens is 284 g/mol. The molecule has 4 heteroatoms. The molecule has 2 aliphatic rings. The van der Waals surface area contributed by atoms with Gasteiger partial charge in [-0.05, 0) is 69.0 Å². The van der Waals surface area contributed by atoms with Gasteiger partial charge in [0.2, 0.25) is 0 Å². The van der Waals surface area contributed by atoms with Crippen molar-refractivity contribution in [3.8, 4) is 5.75 Å². The third-order valence-corrected chi connectivity index (χ3v) is 5.41. The zero-order chi connectivity index (χ0) is 15.7. The molecule has 0 saturated heterocycles. The Kier molecular flexibility index (Phi) is 4.40. The summed E-state index contributed by atoms with van der Waals surface area (Å²) in [7, 11) is 4.21. The van der Waals surface area contributed by atoms with E-state index in [1.165, 1.54) is 36.8 Å². The van der Waals surface area contributed by atoms with Crippen LogP contribution in [-0.4, -0.2) is 32.2 Å². The quantitative estimate of drug-likeness (QED) is 0.825. The highest BCUT2D eigenvalue weighted by Crippen LogP contribution is 2.51. The molecule has 0 spiro atoms. The second-order valence-electron chi connectivity index (χ2n) is 7.07. The van der Waals surface area contributed by atoms with Gasteiger partial charge < -0.3 is 9.64 Å². The van der Waals surface area contributed by atoms with E-state index in [0.29, 0.717) is 11.7 Å². The van der Waals surface area contributed by atoms with Gasteiger partial charge in [-0.15, -0.1) is 0 Å². The fraction of sp³-hybridized carbons (Fsp3) is 0.667. The number of nitrogens with zero attached hydrogens (tertiary/aromatic N) is 1. The van der Waals surface area contributed by atoms with E-state index in [1.54, 1.807) is 6.07 Å². The molecule has 2 nitrogen and oxygen atoms in total.